The van der Waals surface area contributed by atoms with E-state index in [0.717, 1.165) is 55.1 Å². The lowest BCUT2D eigenvalue weighted by Gasteiger charge is -2.35. The predicted molar refractivity (Wildman–Crippen MR) is 108 cm³/mol. The van der Waals surface area contributed by atoms with Crippen LogP contribution < -0.4 is 10.6 Å². The number of para-hydroxylation sites is 1. The number of guanidine groups is 1. The fraction of sp³-hybridized carbons (Fsp3) is 0.300. The normalized spacial score (nSPS) is 15.3. The third-order valence-corrected chi connectivity index (χ3v) is 4.74. The van der Waals surface area contributed by atoms with Gasteiger partial charge in [0.2, 0.25) is 5.95 Å². The smallest absolute Gasteiger partial charge is 0.225 e. The van der Waals surface area contributed by atoms with Gasteiger partial charge >= 0.3 is 0 Å². The summed E-state index contributed by atoms with van der Waals surface area (Å²) in [6, 6.07) is 14.1. The minimum absolute atomic E-state index is 0.601. The Bertz CT molecular complexity index is 918. The maximum absolute atomic E-state index is 6.19. The molecule has 0 saturated carbocycles. The molecule has 1 aliphatic heterocycles. The molecule has 138 valence electrons. The van der Waals surface area contributed by atoms with Gasteiger partial charge in [-0.05, 0) is 18.2 Å². The second-order valence-electron chi connectivity index (χ2n) is 6.51. The number of aliphatic imine (C=N–C) groups is 1. The van der Waals surface area contributed by atoms with Crippen LogP contribution >= 0.6 is 0 Å². The molecule has 1 aromatic carbocycles. The molecule has 0 spiro atoms. The summed E-state index contributed by atoms with van der Waals surface area (Å²) in [7, 11) is 0. The van der Waals surface area contributed by atoms with Gasteiger partial charge in [-0.15, -0.1) is 0 Å². The summed E-state index contributed by atoms with van der Waals surface area (Å²) in [5, 5.41) is 1.16. The molecule has 3 aromatic rings. The highest BCUT2D eigenvalue weighted by Gasteiger charge is 2.19. The molecular weight excluding hydrogens is 338 g/mol. The quantitative estimate of drug-likeness (QED) is 0.563. The van der Waals surface area contributed by atoms with E-state index in [4.69, 9.17) is 5.73 Å². The van der Waals surface area contributed by atoms with Crippen LogP contribution in [0.15, 0.2) is 59.9 Å². The van der Waals surface area contributed by atoms with Crippen LogP contribution in [0.5, 0.6) is 0 Å². The lowest BCUT2D eigenvalue weighted by molar-refractivity contribution is 0.378. The molecule has 7 nitrogen and oxygen atoms in total. The SMILES string of the molecule is NC(=NCCc1ccc2ccccc2n1)N1CCN(c2ncccn2)CC1. The van der Waals surface area contributed by atoms with E-state index >= 15 is 0 Å². The molecule has 0 unspecified atom stereocenters. The van der Waals surface area contributed by atoms with Gasteiger partial charge in [0, 0.05) is 62.6 Å². The molecule has 4 rings (SSSR count). The second kappa shape index (κ2) is 7.99. The van der Waals surface area contributed by atoms with Gasteiger partial charge in [-0.2, -0.15) is 0 Å². The third-order valence-electron chi connectivity index (χ3n) is 4.74. The lowest BCUT2D eigenvalue weighted by Crippen LogP contribution is -2.51. The Morgan fingerprint density at radius 2 is 1.74 bits per heavy atom. The number of fused-ring (bicyclic) bond motifs is 1. The zero-order valence-corrected chi connectivity index (χ0v) is 15.2. The number of pyridine rings is 1. The van der Waals surface area contributed by atoms with Crippen LogP contribution in [-0.4, -0.2) is 58.5 Å². The van der Waals surface area contributed by atoms with Crippen molar-refractivity contribution in [3.63, 3.8) is 0 Å². The first kappa shape index (κ1) is 17.2. The van der Waals surface area contributed by atoms with E-state index in [1.54, 1.807) is 12.4 Å². The standard InChI is InChI=1S/C20H23N7/c21-19(26-12-14-27(15-13-26)20-23-9-3-10-24-20)22-11-8-17-7-6-16-4-1-2-5-18(16)25-17/h1-7,9-10H,8,11-15H2,(H2,21,22). The van der Waals surface area contributed by atoms with Crippen molar-refractivity contribution in [2.45, 2.75) is 6.42 Å². The summed E-state index contributed by atoms with van der Waals surface area (Å²) in [5.41, 5.74) is 8.25. The Kier molecular flexibility index (Phi) is 5.09. The number of anilines is 1. The zero-order valence-electron chi connectivity index (χ0n) is 15.2. The summed E-state index contributed by atoms with van der Waals surface area (Å²) in [4.78, 5) is 22.1. The van der Waals surface area contributed by atoms with Gasteiger partial charge in [0.05, 0.1) is 5.52 Å². The highest BCUT2D eigenvalue weighted by molar-refractivity contribution is 5.79. The summed E-state index contributed by atoms with van der Waals surface area (Å²) in [6.07, 6.45) is 4.32. The number of piperazine rings is 1. The first-order valence-electron chi connectivity index (χ1n) is 9.21. The van der Waals surface area contributed by atoms with E-state index in [-0.39, 0.29) is 0 Å². The van der Waals surface area contributed by atoms with Gasteiger partial charge in [-0.25, -0.2) is 9.97 Å². The van der Waals surface area contributed by atoms with Crippen molar-refractivity contribution in [3.8, 4) is 0 Å². The second-order valence-corrected chi connectivity index (χ2v) is 6.51. The average molecular weight is 361 g/mol. The van der Waals surface area contributed by atoms with Crippen LogP contribution in [0.2, 0.25) is 0 Å². The molecule has 1 saturated heterocycles. The summed E-state index contributed by atoms with van der Waals surface area (Å²) >= 11 is 0. The van der Waals surface area contributed by atoms with Crippen molar-refractivity contribution in [2.24, 2.45) is 10.7 Å². The molecule has 0 amide bonds. The van der Waals surface area contributed by atoms with Crippen molar-refractivity contribution < 1.29 is 0 Å². The van der Waals surface area contributed by atoms with Crippen LogP contribution in [-0.2, 0) is 6.42 Å². The first-order valence-corrected chi connectivity index (χ1v) is 9.21. The molecular formula is C20H23N7. The van der Waals surface area contributed by atoms with E-state index in [9.17, 15) is 0 Å². The maximum Gasteiger partial charge on any atom is 0.225 e. The number of nitrogens with two attached hydrogens (primary N) is 1. The molecule has 0 atom stereocenters. The molecule has 2 aromatic heterocycles. The molecule has 3 heterocycles. The lowest BCUT2D eigenvalue weighted by atomic mass is 10.2. The highest BCUT2D eigenvalue weighted by Crippen LogP contribution is 2.12. The van der Waals surface area contributed by atoms with Gasteiger partial charge in [0.15, 0.2) is 5.96 Å². The Labute approximate surface area is 158 Å². The van der Waals surface area contributed by atoms with Crippen molar-refractivity contribution in [2.75, 3.05) is 37.6 Å². The topological polar surface area (TPSA) is 83.5 Å². The molecule has 1 fully saturated rings. The Morgan fingerprint density at radius 3 is 2.56 bits per heavy atom. The number of benzene rings is 1. The third kappa shape index (κ3) is 4.13. The van der Waals surface area contributed by atoms with E-state index in [2.05, 4.69) is 47.9 Å². The van der Waals surface area contributed by atoms with Crippen LogP contribution in [0.4, 0.5) is 5.95 Å². The van der Waals surface area contributed by atoms with Crippen LogP contribution in [0.25, 0.3) is 10.9 Å². The van der Waals surface area contributed by atoms with E-state index in [1.165, 1.54) is 0 Å². The summed E-state index contributed by atoms with van der Waals surface area (Å²) in [6.45, 7) is 3.96. The Morgan fingerprint density at radius 1 is 0.963 bits per heavy atom. The zero-order chi connectivity index (χ0) is 18.5. The predicted octanol–water partition coefficient (Wildman–Crippen LogP) is 1.70. The van der Waals surface area contributed by atoms with Gasteiger partial charge in [0.25, 0.3) is 0 Å². The number of hydrogen-bond acceptors (Lipinski definition) is 5. The highest BCUT2D eigenvalue weighted by atomic mass is 15.3. The fourth-order valence-corrected chi connectivity index (χ4v) is 3.22. The molecule has 27 heavy (non-hydrogen) atoms. The monoisotopic (exact) mass is 361 g/mol. The fourth-order valence-electron chi connectivity index (χ4n) is 3.22. The van der Waals surface area contributed by atoms with E-state index < -0.39 is 0 Å². The van der Waals surface area contributed by atoms with Gasteiger partial charge in [0.1, 0.15) is 0 Å². The number of aromatic nitrogens is 3. The largest absolute Gasteiger partial charge is 0.370 e. The molecule has 0 aliphatic carbocycles. The van der Waals surface area contributed by atoms with Gasteiger partial charge in [-0.3, -0.25) is 9.98 Å². The Hall–Kier alpha value is -3.22. The molecule has 7 heteroatoms. The molecule has 0 bridgehead atoms. The molecule has 0 radical (unpaired) electrons. The average Bonchev–Trinajstić information content (AvgIpc) is 2.74. The van der Waals surface area contributed by atoms with Crippen molar-refractivity contribution >= 4 is 22.8 Å². The number of nitrogens with zero attached hydrogens (tertiary/aromatic N) is 6. The van der Waals surface area contributed by atoms with Crippen molar-refractivity contribution in [1.29, 1.82) is 0 Å². The first-order chi connectivity index (χ1) is 13.3. The maximum atomic E-state index is 6.19. The van der Waals surface area contributed by atoms with E-state index in [1.807, 2.05) is 24.3 Å². The number of hydrogen-bond donors (Lipinski definition) is 1. The van der Waals surface area contributed by atoms with Crippen LogP contribution in [0, 0.1) is 0 Å². The Balaban J connectivity index is 1.30. The summed E-state index contributed by atoms with van der Waals surface area (Å²) < 4.78 is 0. The van der Waals surface area contributed by atoms with E-state index in [0.29, 0.717) is 12.5 Å². The molecule has 1 aliphatic rings. The van der Waals surface area contributed by atoms with Gasteiger partial charge < -0.3 is 15.5 Å². The summed E-state index contributed by atoms with van der Waals surface area (Å²) in [5.74, 6) is 1.37. The van der Waals surface area contributed by atoms with Crippen LogP contribution in [0.1, 0.15) is 5.69 Å². The minimum atomic E-state index is 0.601. The minimum Gasteiger partial charge on any atom is -0.370 e. The van der Waals surface area contributed by atoms with Gasteiger partial charge in [-0.1, -0.05) is 24.3 Å². The van der Waals surface area contributed by atoms with Crippen molar-refractivity contribution in [3.05, 3.63) is 60.6 Å². The van der Waals surface area contributed by atoms with Crippen LogP contribution in [0.3, 0.4) is 0 Å². The molecule has 2 N–H and O–H groups in total. The van der Waals surface area contributed by atoms with Crippen molar-refractivity contribution in [1.82, 2.24) is 19.9 Å². The number of rotatable bonds is 4.